The van der Waals surface area contributed by atoms with E-state index in [1.807, 2.05) is 31.2 Å². The van der Waals surface area contributed by atoms with Gasteiger partial charge in [0.05, 0.1) is 11.4 Å². The van der Waals surface area contributed by atoms with Crippen LogP contribution in [0, 0.1) is 0 Å². The number of hydrogen-bond acceptors (Lipinski definition) is 2. The van der Waals surface area contributed by atoms with E-state index in [-0.39, 0.29) is 6.03 Å². The first-order valence-electron chi connectivity index (χ1n) is 7.15. The summed E-state index contributed by atoms with van der Waals surface area (Å²) in [5, 5.41) is 3.13. The number of amides is 2. The zero-order valence-corrected chi connectivity index (χ0v) is 11.6. The molecule has 0 bridgehead atoms. The first kappa shape index (κ1) is 13.7. The number of nitrogen functional groups attached to an aromatic ring is 1. The number of anilines is 2. The molecule has 2 amide bonds. The summed E-state index contributed by atoms with van der Waals surface area (Å²) in [4.78, 5) is 14.1. The lowest BCUT2D eigenvalue weighted by atomic mass is 9.96. The van der Waals surface area contributed by atoms with Gasteiger partial charge in [-0.15, -0.1) is 0 Å². The molecule has 4 heteroatoms. The first-order valence-corrected chi connectivity index (χ1v) is 7.15. The van der Waals surface area contributed by atoms with Crippen LogP contribution in [0.4, 0.5) is 16.2 Å². The molecule has 19 heavy (non-hydrogen) atoms. The maximum absolute atomic E-state index is 12.4. The van der Waals surface area contributed by atoms with Gasteiger partial charge in [0.2, 0.25) is 0 Å². The number of hydrogen-bond donors (Lipinski definition) is 2. The molecule has 1 aromatic carbocycles. The number of carbonyl (C=O) groups excluding carboxylic acids is 1. The second kappa shape index (κ2) is 6.45. The van der Waals surface area contributed by atoms with Crippen LogP contribution in [0.2, 0.25) is 0 Å². The van der Waals surface area contributed by atoms with Crippen molar-refractivity contribution in [1.82, 2.24) is 5.32 Å². The second-order valence-corrected chi connectivity index (χ2v) is 5.09. The summed E-state index contributed by atoms with van der Waals surface area (Å²) >= 11 is 0. The molecule has 3 N–H and O–H groups in total. The molecule has 0 atom stereocenters. The Hall–Kier alpha value is -1.71. The van der Waals surface area contributed by atoms with Crippen LogP contribution in [0.25, 0.3) is 0 Å². The van der Waals surface area contributed by atoms with Crippen molar-refractivity contribution in [2.45, 2.75) is 45.1 Å². The molecular weight excluding hydrogens is 238 g/mol. The Morgan fingerprint density at radius 2 is 2.00 bits per heavy atom. The van der Waals surface area contributed by atoms with Crippen molar-refractivity contribution in [2.75, 3.05) is 17.2 Å². The molecule has 1 aliphatic rings. The zero-order valence-electron chi connectivity index (χ0n) is 11.6. The van der Waals surface area contributed by atoms with E-state index in [9.17, 15) is 4.79 Å². The largest absolute Gasteiger partial charge is 0.397 e. The predicted molar refractivity (Wildman–Crippen MR) is 79.3 cm³/mol. The van der Waals surface area contributed by atoms with E-state index in [0.717, 1.165) is 18.5 Å². The molecule has 1 aliphatic carbocycles. The van der Waals surface area contributed by atoms with Gasteiger partial charge in [-0.2, -0.15) is 0 Å². The average molecular weight is 261 g/mol. The number of carbonyl (C=O) groups is 1. The van der Waals surface area contributed by atoms with Crippen LogP contribution in [0.1, 0.15) is 39.0 Å². The van der Waals surface area contributed by atoms with Gasteiger partial charge in [-0.3, -0.25) is 4.90 Å². The third-order valence-electron chi connectivity index (χ3n) is 3.72. The van der Waals surface area contributed by atoms with Crippen LogP contribution in [0.15, 0.2) is 24.3 Å². The van der Waals surface area contributed by atoms with Crippen LogP contribution in [0.5, 0.6) is 0 Å². The molecule has 1 fully saturated rings. The van der Waals surface area contributed by atoms with Crippen LogP contribution < -0.4 is 16.0 Å². The van der Waals surface area contributed by atoms with Crippen LogP contribution in [-0.4, -0.2) is 18.6 Å². The number of rotatable bonds is 3. The van der Waals surface area contributed by atoms with Crippen molar-refractivity contribution >= 4 is 17.4 Å². The minimum Gasteiger partial charge on any atom is -0.397 e. The topological polar surface area (TPSA) is 58.4 Å². The number of nitrogens with zero attached hydrogens (tertiary/aromatic N) is 1. The summed E-state index contributed by atoms with van der Waals surface area (Å²) in [5.41, 5.74) is 7.38. The number of nitrogens with one attached hydrogen (secondary N) is 1. The van der Waals surface area contributed by atoms with Crippen molar-refractivity contribution in [3.8, 4) is 0 Å². The Labute approximate surface area is 115 Å². The van der Waals surface area contributed by atoms with Gasteiger partial charge in [-0.05, 0) is 31.9 Å². The van der Waals surface area contributed by atoms with E-state index < -0.39 is 0 Å². The van der Waals surface area contributed by atoms with Gasteiger partial charge in [-0.1, -0.05) is 31.4 Å². The summed E-state index contributed by atoms with van der Waals surface area (Å²) in [5.74, 6) is 0. The van der Waals surface area contributed by atoms with Crippen LogP contribution in [0.3, 0.4) is 0 Å². The van der Waals surface area contributed by atoms with Gasteiger partial charge in [0.1, 0.15) is 0 Å². The Bertz CT molecular complexity index is 427. The van der Waals surface area contributed by atoms with Crippen molar-refractivity contribution < 1.29 is 4.79 Å². The molecule has 104 valence electrons. The number of para-hydroxylation sites is 2. The molecule has 0 aromatic heterocycles. The smallest absolute Gasteiger partial charge is 0.322 e. The highest BCUT2D eigenvalue weighted by molar-refractivity contribution is 5.95. The monoisotopic (exact) mass is 261 g/mol. The van der Waals surface area contributed by atoms with E-state index >= 15 is 0 Å². The Balaban J connectivity index is 2.04. The van der Waals surface area contributed by atoms with E-state index in [0.29, 0.717) is 18.3 Å². The fourth-order valence-electron chi connectivity index (χ4n) is 2.66. The molecule has 1 aromatic rings. The molecule has 0 saturated heterocycles. The molecular formula is C15H23N3O. The Kier molecular flexibility index (Phi) is 4.66. The van der Waals surface area contributed by atoms with Crippen molar-refractivity contribution in [3.63, 3.8) is 0 Å². The van der Waals surface area contributed by atoms with E-state index in [2.05, 4.69) is 5.32 Å². The van der Waals surface area contributed by atoms with Crippen LogP contribution >= 0.6 is 0 Å². The van der Waals surface area contributed by atoms with Gasteiger partial charge in [0.25, 0.3) is 0 Å². The highest BCUT2D eigenvalue weighted by Crippen LogP contribution is 2.23. The minimum absolute atomic E-state index is 0.0349. The maximum atomic E-state index is 12.4. The number of nitrogens with two attached hydrogens (primary N) is 1. The van der Waals surface area contributed by atoms with Gasteiger partial charge in [0.15, 0.2) is 0 Å². The number of urea groups is 1. The zero-order chi connectivity index (χ0) is 13.7. The highest BCUT2D eigenvalue weighted by Gasteiger charge is 2.20. The van der Waals surface area contributed by atoms with E-state index in [1.165, 1.54) is 19.3 Å². The standard InChI is InChI=1S/C15H23N3O/c1-2-18(14-11-7-6-10-13(14)16)15(19)17-12-8-4-3-5-9-12/h6-7,10-12H,2-5,8-9,16H2,1H3,(H,17,19). The van der Waals surface area contributed by atoms with E-state index in [1.54, 1.807) is 4.90 Å². The lowest BCUT2D eigenvalue weighted by Crippen LogP contribution is -2.45. The normalized spacial score (nSPS) is 16.1. The third kappa shape index (κ3) is 3.40. The molecule has 0 radical (unpaired) electrons. The minimum atomic E-state index is -0.0349. The molecule has 0 unspecified atom stereocenters. The molecule has 2 rings (SSSR count). The van der Waals surface area contributed by atoms with Gasteiger partial charge in [0, 0.05) is 12.6 Å². The van der Waals surface area contributed by atoms with Crippen molar-refractivity contribution in [3.05, 3.63) is 24.3 Å². The fraction of sp³-hybridized carbons (Fsp3) is 0.533. The van der Waals surface area contributed by atoms with Gasteiger partial charge < -0.3 is 11.1 Å². The lowest BCUT2D eigenvalue weighted by molar-refractivity contribution is 0.238. The fourth-order valence-corrected chi connectivity index (χ4v) is 2.66. The first-order chi connectivity index (χ1) is 9.22. The lowest BCUT2D eigenvalue weighted by Gasteiger charge is -2.28. The van der Waals surface area contributed by atoms with Crippen molar-refractivity contribution in [2.24, 2.45) is 0 Å². The summed E-state index contributed by atoms with van der Waals surface area (Å²) in [6.07, 6.45) is 5.89. The third-order valence-corrected chi connectivity index (χ3v) is 3.72. The maximum Gasteiger partial charge on any atom is 0.322 e. The summed E-state index contributed by atoms with van der Waals surface area (Å²) in [6.45, 7) is 2.58. The quantitative estimate of drug-likeness (QED) is 0.821. The SMILES string of the molecule is CCN(C(=O)NC1CCCCC1)c1ccccc1N. The molecule has 0 spiro atoms. The highest BCUT2D eigenvalue weighted by atomic mass is 16.2. The summed E-state index contributed by atoms with van der Waals surface area (Å²) in [7, 11) is 0. The summed E-state index contributed by atoms with van der Waals surface area (Å²) < 4.78 is 0. The predicted octanol–water partition coefficient (Wildman–Crippen LogP) is 3.14. The molecule has 1 saturated carbocycles. The molecule has 4 nitrogen and oxygen atoms in total. The van der Waals surface area contributed by atoms with Gasteiger partial charge >= 0.3 is 6.03 Å². The average Bonchev–Trinajstić information content (AvgIpc) is 2.43. The van der Waals surface area contributed by atoms with Gasteiger partial charge in [-0.25, -0.2) is 4.79 Å². The van der Waals surface area contributed by atoms with E-state index in [4.69, 9.17) is 5.73 Å². The molecule has 0 aliphatic heterocycles. The second-order valence-electron chi connectivity index (χ2n) is 5.09. The Morgan fingerprint density at radius 1 is 1.32 bits per heavy atom. The number of benzene rings is 1. The van der Waals surface area contributed by atoms with Crippen molar-refractivity contribution in [1.29, 1.82) is 0 Å². The summed E-state index contributed by atoms with van der Waals surface area (Å²) in [6, 6.07) is 7.78. The Morgan fingerprint density at radius 3 is 2.63 bits per heavy atom. The molecule has 0 heterocycles. The van der Waals surface area contributed by atoms with Crippen LogP contribution in [-0.2, 0) is 0 Å².